The van der Waals surface area contributed by atoms with Crippen LogP contribution in [0.4, 0.5) is 5.69 Å². The first-order valence-corrected chi connectivity index (χ1v) is 7.48. The fourth-order valence-electron chi connectivity index (χ4n) is 3.45. The van der Waals surface area contributed by atoms with Crippen LogP contribution in [-0.4, -0.2) is 24.1 Å². The molecule has 116 valence electrons. The van der Waals surface area contributed by atoms with Crippen LogP contribution >= 0.6 is 0 Å². The van der Waals surface area contributed by atoms with Crippen LogP contribution in [0, 0.1) is 11.8 Å². The van der Waals surface area contributed by atoms with Crippen LogP contribution in [0.1, 0.15) is 0 Å². The summed E-state index contributed by atoms with van der Waals surface area (Å²) in [5, 5.41) is 16.1. The molecule has 0 radical (unpaired) electrons. The highest BCUT2D eigenvalue weighted by Gasteiger charge is 2.50. The molecule has 5 nitrogen and oxygen atoms in total. The average molecular weight is 308 g/mol. The van der Waals surface area contributed by atoms with E-state index in [9.17, 15) is 14.7 Å². The number of hydrogen-bond donors (Lipinski definition) is 1. The number of nitrogens with one attached hydrogen (secondary N) is 1. The summed E-state index contributed by atoms with van der Waals surface area (Å²) >= 11 is 0. The monoisotopic (exact) mass is 308 g/mol. The molecule has 2 aromatic rings. The molecule has 1 amide bonds. The van der Waals surface area contributed by atoms with Gasteiger partial charge in [0.25, 0.3) is 0 Å². The number of anilines is 1. The number of fused-ring (bicyclic) bond motifs is 3. The van der Waals surface area contributed by atoms with Crippen molar-refractivity contribution in [3.05, 3.63) is 54.6 Å². The maximum Gasteiger partial charge on any atom is 0.231 e. The molecule has 0 aromatic heterocycles. The van der Waals surface area contributed by atoms with Crippen LogP contribution in [0.2, 0.25) is 0 Å². The lowest BCUT2D eigenvalue weighted by molar-refractivity contribution is -0.313. The van der Waals surface area contributed by atoms with Crippen LogP contribution in [0.25, 0.3) is 10.8 Å². The summed E-state index contributed by atoms with van der Waals surface area (Å²) in [5.74, 6) is -3.32. The molecule has 4 atom stereocenters. The Balaban J connectivity index is 1.65. The Hall–Kier alpha value is -2.66. The molecule has 0 aliphatic carbocycles. The van der Waals surface area contributed by atoms with Gasteiger partial charge in [0.05, 0.1) is 18.1 Å². The van der Waals surface area contributed by atoms with Crippen molar-refractivity contribution in [2.45, 2.75) is 12.2 Å². The van der Waals surface area contributed by atoms with Crippen LogP contribution < -0.4 is 10.4 Å². The van der Waals surface area contributed by atoms with Gasteiger partial charge in [0.15, 0.2) is 0 Å². The van der Waals surface area contributed by atoms with Crippen molar-refractivity contribution in [1.29, 1.82) is 0 Å². The van der Waals surface area contributed by atoms with Crippen molar-refractivity contribution < 1.29 is 19.4 Å². The lowest BCUT2D eigenvalue weighted by Gasteiger charge is -2.25. The van der Waals surface area contributed by atoms with E-state index in [1.54, 1.807) is 18.2 Å². The van der Waals surface area contributed by atoms with Crippen molar-refractivity contribution in [2.75, 3.05) is 5.32 Å². The SMILES string of the molecule is O=C([O-])[C@@H]1[C@H](C(=O)Nc2cccc3ccccc23)[C@@H]2C=C[C@H]1O2. The predicted octanol–water partition coefficient (Wildman–Crippen LogP) is 1.10. The highest BCUT2D eigenvalue weighted by molar-refractivity contribution is 6.04. The Morgan fingerprint density at radius 1 is 0.957 bits per heavy atom. The third-order valence-electron chi connectivity index (χ3n) is 4.52. The first-order valence-electron chi connectivity index (χ1n) is 7.48. The molecule has 4 rings (SSSR count). The van der Waals surface area contributed by atoms with Gasteiger partial charge in [0.2, 0.25) is 5.91 Å². The van der Waals surface area contributed by atoms with Crippen molar-refractivity contribution >= 4 is 28.3 Å². The quantitative estimate of drug-likeness (QED) is 0.861. The molecule has 0 unspecified atom stereocenters. The highest BCUT2D eigenvalue weighted by Crippen LogP contribution is 2.39. The minimum atomic E-state index is -1.25. The number of amides is 1. The number of benzene rings is 2. The Labute approximate surface area is 132 Å². The van der Waals surface area contributed by atoms with Crippen molar-refractivity contribution in [2.24, 2.45) is 11.8 Å². The molecule has 23 heavy (non-hydrogen) atoms. The molecule has 0 saturated carbocycles. The summed E-state index contributed by atoms with van der Waals surface area (Å²) in [6, 6.07) is 13.3. The Bertz CT molecular complexity index is 823. The maximum absolute atomic E-state index is 12.6. The highest BCUT2D eigenvalue weighted by atomic mass is 16.5. The summed E-state index contributed by atoms with van der Waals surface area (Å²) in [4.78, 5) is 24.0. The van der Waals surface area contributed by atoms with Gasteiger partial charge < -0.3 is 20.0 Å². The van der Waals surface area contributed by atoms with Gasteiger partial charge in [-0.15, -0.1) is 0 Å². The summed E-state index contributed by atoms with van der Waals surface area (Å²) in [6.45, 7) is 0. The van der Waals surface area contributed by atoms with Gasteiger partial charge in [-0.3, -0.25) is 4.79 Å². The van der Waals surface area contributed by atoms with Gasteiger partial charge in [-0.05, 0) is 11.5 Å². The zero-order valence-electron chi connectivity index (χ0n) is 12.1. The summed E-state index contributed by atoms with van der Waals surface area (Å²) in [5.41, 5.74) is 0.664. The van der Waals surface area contributed by atoms with E-state index in [1.165, 1.54) is 0 Å². The van der Waals surface area contributed by atoms with Gasteiger partial charge in [-0.2, -0.15) is 0 Å². The number of aliphatic carboxylic acids is 1. The van der Waals surface area contributed by atoms with Gasteiger partial charge in [0, 0.05) is 23.0 Å². The molecular weight excluding hydrogens is 294 g/mol. The molecule has 2 aliphatic rings. The van der Waals surface area contributed by atoms with Gasteiger partial charge in [0.1, 0.15) is 0 Å². The molecule has 2 aliphatic heterocycles. The Morgan fingerprint density at radius 3 is 2.43 bits per heavy atom. The molecule has 2 aromatic carbocycles. The van der Waals surface area contributed by atoms with E-state index < -0.39 is 30.0 Å². The Kier molecular flexibility index (Phi) is 3.16. The van der Waals surface area contributed by atoms with Gasteiger partial charge in [-0.1, -0.05) is 48.6 Å². The van der Waals surface area contributed by atoms with Crippen molar-refractivity contribution in [3.63, 3.8) is 0 Å². The summed E-state index contributed by atoms with van der Waals surface area (Å²) in [6.07, 6.45) is 2.36. The number of carboxylic acid groups (broad SMARTS) is 1. The maximum atomic E-state index is 12.6. The van der Waals surface area contributed by atoms with Crippen molar-refractivity contribution in [3.8, 4) is 0 Å². The fourth-order valence-corrected chi connectivity index (χ4v) is 3.45. The van der Waals surface area contributed by atoms with E-state index in [4.69, 9.17) is 4.74 Å². The number of ether oxygens (including phenoxy) is 1. The number of hydrogen-bond acceptors (Lipinski definition) is 4. The van der Waals surface area contributed by atoms with E-state index in [1.807, 2.05) is 36.4 Å². The lowest BCUT2D eigenvalue weighted by Crippen LogP contribution is -2.45. The summed E-state index contributed by atoms with van der Waals surface area (Å²) < 4.78 is 5.51. The average Bonchev–Trinajstić information content (AvgIpc) is 3.16. The third kappa shape index (κ3) is 2.21. The number of carbonyl (C=O) groups excluding carboxylic acids is 2. The lowest BCUT2D eigenvalue weighted by atomic mass is 9.82. The van der Waals surface area contributed by atoms with Gasteiger partial charge in [-0.25, -0.2) is 0 Å². The van der Waals surface area contributed by atoms with Crippen molar-refractivity contribution in [1.82, 2.24) is 0 Å². The van der Waals surface area contributed by atoms with Crippen LogP contribution in [0.15, 0.2) is 54.6 Å². The number of rotatable bonds is 3. The molecule has 5 heteroatoms. The minimum absolute atomic E-state index is 0.354. The van der Waals surface area contributed by atoms with E-state index in [2.05, 4.69) is 5.32 Å². The molecule has 0 spiro atoms. The predicted molar refractivity (Wildman–Crippen MR) is 82.4 cm³/mol. The second-order valence-electron chi connectivity index (χ2n) is 5.84. The fraction of sp³-hybridized carbons (Fsp3) is 0.222. The number of carbonyl (C=O) groups is 2. The molecule has 2 bridgehead atoms. The molecular formula is C18H14NO4-. The van der Waals surface area contributed by atoms with E-state index in [0.717, 1.165) is 10.8 Å². The zero-order valence-corrected chi connectivity index (χ0v) is 12.1. The minimum Gasteiger partial charge on any atom is -0.550 e. The Morgan fingerprint density at radius 2 is 1.65 bits per heavy atom. The smallest absolute Gasteiger partial charge is 0.231 e. The second kappa shape index (κ2) is 5.21. The standard InChI is InChI=1S/C18H15NO4/c20-17(15-13-8-9-14(23-13)16(15)18(21)22)19-12-7-3-5-10-4-1-2-6-11(10)12/h1-9,13-16H,(H,19,20)(H,21,22)/p-1/t13-,14+,15+,16-/m0/s1. The van der Waals surface area contributed by atoms with E-state index in [-0.39, 0.29) is 5.91 Å². The third-order valence-corrected chi connectivity index (χ3v) is 4.52. The normalized spacial score (nSPS) is 28.2. The molecule has 2 heterocycles. The van der Waals surface area contributed by atoms with Crippen LogP contribution in [0.3, 0.4) is 0 Å². The first-order chi connectivity index (χ1) is 11.1. The van der Waals surface area contributed by atoms with Crippen LogP contribution in [-0.2, 0) is 14.3 Å². The van der Waals surface area contributed by atoms with Crippen LogP contribution in [0.5, 0.6) is 0 Å². The molecule has 1 saturated heterocycles. The van der Waals surface area contributed by atoms with E-state index >= 15 is 0 Å². The number of carboxylic acids is 1. The zero-order chi connectivity index (χ0) is 16.0. The van der Waals surface area contributed by atoms with E-state index in [0.29, 0.717) is 5.69 Å². The largest absolute Gasteiger partial charge is 0.550 e. The molecule has 1 N–H and O–H groups in total. The summed E-state index contributed by atoms with van der Waals surface area (Å²) in [7, 11) is 0. The second-order valence-corrected chi connectivity index (χ2v) is 5.84. The topological polar surface area (TPSA) is 78.5 Å². The van der Waals surface area contributed by atoms with Gasteiger partial charge >= 0.3 is 0 Å². The first kappa shape index (κ1) is 14.0. The molecule has 1 fully saturated rings.